The van der Waals surface area contributed by atoms with Gasteiger partial charge in [-0.2, -0.15) is 0 Å². The molecule has 1 heterocycles. The van der Waals surface area contributed by atoms with Crippen molar-refractivity contribution in [1.82, 2.24) is 9.13 Å². The average molecular weight is 400 g/mol. The van der Waals surface area contributed by atoms with E-state index in [1.54, 1.807) is 42.5 Å². The van der Waals surface area contributed by atoms with Gasteiger partial charge in [-0.3, -0.25) is 23.5 Å². The molecule has 3 aromatic rings. The molecule has 0 spiro atoms. The van der Waals surface area contributed by atoms with Crippen molar-refractivity contribution in [3.05, 3.63) is 86.2 Å². The number of para-hydroxylation sites is 2. The maximum Gasteiger partial charge on any atom is 0.320 e. The van der Waals surface area contributed by atoms with Gasteiger partial charge < -0.3 is 10.1 Å². The fourth-order valence-corrected chi connectivity index (χ4v) is 2.92. The summed E-state index contributed by atoms with van der Waals surface area (Å²) in [6.45, 7) is 1.51. The molecule has 0 aliphatic rings. The van der Waals surface area contributed by atoms with Crippen molar-refractivity contribution in [2.75, 3.05) is 12.4 Å². The smallest absolute Gasteiger partial charge is 0.320 e. The summed E-state index contributed by atoms with van der Waals surface area (Å²) in [5.41, 5.74) is 0.207. The normalized spacial score (nSPS) is 10.5. The van der Waals surface area contributed by atoms with Crippen molar-refractivity contribution in [3.8, 4) is 11.4 Å². The number of ether oxygens (including phenoxy) is 1. The molecule has 1 amide bonds. The van der Waals surface area contributed by atoms with E-state index in [1.165, 1.54) is 24.1 Å². The molecule has 28 heavy (non-hydrogen) atoms. The lowest BCUT2D eigenvalue weighted by Gasteiger charge is -2.12. The number of hydrogen-bond donors (Lipinski definition) is 1. The van der Waals surface area contributed by atoms with Gasteiger partial charge in [0.1, 0.15) is 12.3 Å². The summed E-state index contributed by atoms with van der Waals surface area (Å²) in [4.78, 5) is 37.3. The molecule has 2 aromatic carbocycles. The van der Waals surface area contributed by atoms with Crippen molar-refractivity contribution in [2.45, 2.75) is 13.5 Å². The Morgan fingerprint density at radius 2 is 1.86 bits per heavy atom. The lowest BCUT2D eigenvalue weighted by Crippen LogP contribution is -2.41. The van der Waals surface area contributed by atoms with Gasteiger partial charge in [-0.05, 0) is 36.8 Å². The first-order valence-electron chi connectivity index (χ1n) is 8.42. The molecule has 0 radical (unpaired) electrons. The zero-order chi connectivity index (χ0) is 20.3. The van der Waals surface area contributed by atoms with Crippen LogP contribution in [0.4, 0.5) is 5.69 Å². The molecule has 0 bridgehead atoms. The van der Waals surface area contributed by atoms with Crippen molar-refractivity contribution in [2.24, 2.45) is 0 Å². The van der Waals surface area contributed by atoms with Crippen LogP contribution in [0.1, 0.15) is 5.56 Å². The average Bonchev–Trinajstić information content (AvgIpc) is 2.68. The zero-order valence-corrected chi connectivity index (χ0v) is 16.1. The molecule has 144 valence electrons. The van der Waals surface area contributed by atoms with Crippen molar-refractivity contribution in [1.29, 1.82) is 0 Å². The van der Waals surface area contributed by atoms with Crippen LogP contribution in [0.15, 0.2) is 64.4 Å². The van der Waals surface area contributed by atoms with Crippen LogP contribution in [-0.2, 0) is 11.3 Å². The number of anilines is 1. The maximum atomic E-state index is 12.5. The van der Waals surface area contributed by atoms with E-state index < -0.39 is 17.0 Å². The Morgan fingerprint density at radius 1 is 1.11 bits per heavy atom. The highest BCUT2D eigenvalue weighted by molar-refractivity contribution is 6.30. The second kappa shape index (κ2) is 8.14. The van der Waals surface area contributed by atoms with Crippen LogP contribution in [0, 0.1) is 6.92 Å². The number of nitrogens with zero attached hydrogens (tertiary/aromatic N) is 2. The van der Waals surface area contributed by atoms with Gasteiger partial charge in [-0.15, -0.1) is 0 Å². The van der Waals surface area contributed by atoms with Gasteiger partial charge in [0.25, 0.3) is 0 Å². The third-order valence-electron chi connectivity index (χ3n) is 4.18. The van der Waals surface area contributed by atoms with Gasteiger partial charge in [0.15, 0.2) is 0 Å². The van der Waals surface area contributed by atoms with E-state index in [0.29, 0.717) is 22.1 Å². The van der Waals surface area contributed by atoms with E-state index >= 15 is 0 Å². The van der Waals surface area contributed by atoms with Gasteiger partial charge in [0.05, 0.1) is 18.5 Å². The molecular weight excluding hydrogens is 382 g/mol. The Bertz CT molecular complexity index is 1150. The number of methoxy groups -OCH3 is 1. The monoisotopic (exact) mass is 399 g/mol. The number of rotatable bonds is 5. The van der Waals surface area contributed by atoms with E-state index in [1.807, 2.05) is 6.92 Å². The van der Waals surface area contributed by atoms with Crippen LogP contribution in [0.25, 0.3) is 5.69 Å². The molecule has 0 atom stereocenters. The lowest BCUT2D eigenvalue weighted by atomic mass is 10.2. The fourth-order valence-electron chi connectivity index (χ4n) is 2.76. The molecule has 0 saturated carbocycles. The van der Waals surface area contributed by atoms with E-state index in [9.17, 15) is 14.4 Å². The van der Waals surface area contributed by atoms with Crippen molar-refractivity contribution < 1.29 is 9.53 Å². The molecule has 0 unspecified atom stereocenters. The van der Waals surface area contributed by atoms with E-state index in [4.69, 9.17) is 16.3 Å². The summed E-state index contributed by atoms with van der Waals surface area (Å²) in [5.74, 6) is 0.0396. The number of carbonyl (C=O) groups excluding carboxylic acids is 1. The van der Waals surface area contributed by atoms with Crippen molar-refractivity contribution >= 4 is 23.2 Å². The summed E-state index contributed by atoms with van der Waals surface area (Å²) in [7, 11) is 1.49. The molecule has 0 aliphatic heterocycles. The van der Waals surface area contributed by atoms with Crippen LogP contribution in [0.3, 0.4) is 0 Å². The van der Waals surface area contributed by atoms with Crippen molar-refractivity contribution in [3.63, 3.8) is 0 Å². The Kier molecular flexibility index (Phi) is 5.65. The highest BCUT2D eigenvalue weighted by atomic mass is 35.5. The zero-order valence-electron chi connectivity index (χ0n) is 15.3. The molecular formula is C20H18ClN3O4. The third-order valence-corrected chi connectivity index (χ3v) is 4.42. The number of hydrogen-bond acceptors (Lipinski definition) is 4. The minimum Gasteiger partial charge on any atom is -0.495 e. The fraction of sp³-hybridized carbons (Fsp3) is 0.150. The third kappa shape index (κ3) is 3.99. The number of aromatic nitrogens is 2. The highest BCUT2D eigenvalue weighted by Gasteiger charge is 2.13. The van der Waals surface area contributed by atoms with Crippen LogP contribution >= 0.6 is 11.6 Å². The van der Waals surface area contributed by atoms with Crippen LogP contribution in [-0.4, -0.2) is 22.2 Å². The van der Waals surface area contributed by atoms with Gasteiger partial charge in [0, 0.05) is 17.4 Å². The number of halogens is 1. The van der Waals surface area contributed by atoms with Gasteiger partial charge in [0.2, 0.25) is 5.91 Å². The number of amides is 1. The molecule has 1 aromatic heterocycles. The van der Waals surface area contributed by atoms with Gasteiger partial charge in [-0.25, -0.2) is 0 Å². The van der Waals surface area contributed by atoms with E-state index in [0.717, 1.165) is 10.1 Å². The maximum absolute atomic E-state index is 12.5. The molecule has 7 nitrogen and oxygen atoms in total. The molecule has 0 saturated heterocycles. The minimum atomic E-state index is -0.808. The lowest BCUT2D eigenvalue weighted by molar-refractivity contribution is -0.116. The minimum absolute atomic E-state index is 0.304. The van der Waals surface area contributed by atoms with Crippen LogP contribution in [0.5, 0.6) is 5.75 Å². The van der Waals surface area contributed by atoms with Gasteiger partial charge in [-0.1, -0.05) is 29.8 Å². The molecule has 3 rings (SSSR count). The molecule has 1 N–H and O–H groups in total. The Balaban J connectivity index is 1.87. The second-order valence-corrected chi connectivity index (χ2v) is 6.52. The van der Waals surface area contributed by atoms with E-state index in [2.05, 4.69) is 5.32 Å². The first-order chi connectivity index (χ1) is 13.4. The largest absolute Gasteiger partial charge is 0.495 e. The predicted molar refractivity (Wildman–Crippen MR) is 108 cm³/mol. The topological polar surface area (TPSA) is 82.3 Å². The van der Waals surface area contributed by atoms with Crippen LogP contribution < -0.4 is 21.2 Å². The SMILES string of the molecule is COc1ccccc1NC(=O)Cn1ccn(-c2cc(Cl)ccc2C)c(=O)c1=O. The molecule has 0 aliphatic carbocycles. The Hall–Kier alpha value is -3.32. The number of benzene rings is 2. The number of nitrogens with one attached hydrogen (secondary N) is 1. The first-order valence-corrected chi connectivity index (χ1v) is 8.80. The standard InChI is InChI=1S/C20H18ClN3O4/c1-13-7-8-14(21)11-16(13)24-10-9-23(19(26)20(24)27)12-18(25)22-15-5-3-4-6-17(15)28-2/h3-11H,12H2,1-2H3,(H,22,25). The predicted octanol–water partition coefficient (Wildman–Crippen LogP) is 2.61. The molecule has 8 heteroatoms. The summed E-state index contributed by atoms with van der Waals surface area (Å²) in [6.07, 6.45) is 2.84. The van der Waals surface area contributed by atoms with Gasteiger partial charge >= 0.3 is 11.1 Å². The first kappa shape index (κ1) is 19.4. The summed E-state index contributed by atoms with van der Waals surface area (Å²) in [5, 5.41) is 3.12. The Morgan fingerprint density at radius 3 is 2.61 bits per heavy atom. The molecule has 0 fully saturated rings. The Labute approximate surface area is 165 Å². The highest BCUT2D eigenvalue weighted by Crippen LogP contribution is 2.22. The van der Waals surface area contributed by atoms with E-state index in [-0.39, 0.29) is 6.54 Å². The second-order valence-electron chi connectivity index (χ2n) is 6.09. The summed E-state index contributed by atoms with van der Waals surface area (Å²) < 4.78 is 7.46. The van der Waals surface area contributed by atoms with Crippen LogP contribution in [0.2, 0.25) is 5.02 Å². The summed E-state index contributed by atoms with van der Waals surface area (Å²) >= 11 is 6.00. The summed E-state index contributed by atoms with van der Waals surface area (Å²) in [6, 6.07) is 12.0. The number of aryl methyl sites for hydroxylation is 1. The quantitative estimate of drug-likeness (QED) is 0.668. The number of carbonyl (C=O) groups is 1.